The van der Waals surface area contributed by atoms with Crippen LogP contribution < -0.4 is 0 Å². The second-order valence-corrected chi connectivity index (χ2v) is 42.8. The smallest absolute Gasteiger partial charge is 0.265 e. The molecular weight excluding hydrogens is 1610 g/mol. The molecule has 4 nitrogen and oxygen atoms in total. The molecule has 0 fully saturated rings. The molecule has 638 valence electrons. The molecule has 0 saturated heterocycles. The minimum atomic E-state index is -0.290. The number of hydrogen-bond donors (Lipinski definition) is 0. The summed E-state index contributed by atoms with van der Waals surface area (Å²) in [6.07, 6.45) is 57.1. The molecule has 4 aliphatic carbocycles. The molecule has 8 aliphatic rings. The van der Waals surface area contributed by atoms with Gasteiger partial charge >= 0.3 is 0 Å². The molecule has 8 heteroatoms. The zero-order valence-corrected chi connectivity index (χ0v) is 81.1. The Morgan fingerprint density at radius 2 is 0.619 bits per heavy atom. The van der Waals surface area contributed by atoms with Gasteiger partial charge < -0.3 is 0 Å². The molecule has 14 rings (SSSR count). The lowest BCUT2D eigenvalue weighted by Gasteiger charge is -2.43. The lowest BCUT2D eigenvalue weighted by molar-refractivity contribution is -0.122. The summed E-state index contributed by atoms with van der Waals surface area (Å²) in [7, 11) is 0. The molecule has 0 bridgehead atoms. The second-order valence-electron chi connectivity index (χ2n) is 39.0. The summed E-state index contributed by atoms with van der Waals surface area (Å²) in [4.78, 5) is 42.5. The van der Waals surface area contributed by atoms with Crippen molar-refractivity contribution < 1.29 is 9.59 Å². The molecule has 2 amide bonds. The highest BCUT2D eigenvalue weighted by molar-refractivity contribution is 9.10. The van der Waals surface area contributed by atoms with Crippen LogP contribution in [0.2, 0.25) is 0 Å². The summed E-state index contributed by atoms with van der Waals surface area (Å²) in [5.74, 6) is 4.34. The topological polar surface area (TPSA) is 40.6 Å². The van der Waals surface area contributed by atoms with Crippen LogP contribution in [0.25, 0.3) is 66.7 Å². The summed E-state index contributed by atoms with van der Waals surface area (Å²) in [6.45, 7) is 39.0. The van der Waals surface area contributed by atoms with E-state index < -0.39 is 0 Å². The predicted molar refractivity (Wildman–Crippen MR) is 518 cm³/mol. The highest BCUT2D eigenvalue weighted by Crippen LogP contribution is 2.71. The first kappa shape index (κ1) is 89.4. The Hall–Kier alpha value is -4.86. The van der Waals surface area contributed by atoms with Crippen LogP contribution >= 0.6 is 54.5 Å². The van der Waals surface area contributed by atoms with Gasteiger partial charge in [0.15, 0.2) is 0 Å². The third kappa shape index (κ3) is 15.7. The van der Waals surface area contributed by atoms with Crippen LogP contribution in [0, 0.1) is 47.3 Å². The summed E-state index contributed by atoms with van der Waals surface area (Å²) in [6, 6.07) is 26.3. The second kappa shape index (κ2) is 38.7. The van der Waals surface area contributed by atoms with Gasteiger partial charge in [0.05, 0.1) is 32.3 Å². The fraction of sp³-hybridized carbons (Fsp3) is 0.618. The lowest BCUT2D eigenvalue weighted by Crippen LogP contribution is -2.37. The molecule has 4 aromatic carbocycles. The van der Waals surface area contributed by atoms with Gasteiger partial charge in [0.2, 0.25) is 0 Å². The zero-order valence-electron chi connectivity index (χ0n) is 76.3. The fourth-order valence-corrected chi connectivity index (χ4v) is 29.1. The average molecular weight is 1760 g/mol. The Balaban J connectivity index is 1.03. The van der Waals surface area contributed by atoms with Crippen molar-refractivity contribution in [2.24, 2.45) is 47.3 Å². The largest absolute Gasteiger partial charge is 0.281 e. The van der Waals surface area contributed by atoms with E-state index in [1.165, 1.54) is 261 Å². The number of nitrogens with zero attached hydrogens (tertiary/aromatic N) is 2. The Morgan fingerprint density at radius 3 is 0.983 bits per heavy atom. The normalized spacial score (nSPS) is 21.9. The van der Waals surface area contributed by atoms with Crippen LogP contribution in [0.5, 0.6) is 0 Å². The van der Waals surface area contributed by atoms with Crippen LogP contribution in [-0.2, 0) is 31.2 Å². The van der Waals surface area contributed by atoms with E-state index in [0.717, 1.165) is 91.8 Å². The number of amides is 2. The molecule has 2 aromatic heterocycles. The van der Waals surface area contributed by atoms with Gasteiger partial charge in [-0.1, -0.05) is 360 Å². The van der Waals surface area contributed by atoms with E-state index in [1.807, 2.05) is 32.5 Å². The minimum absolute atomic E-state index is 0.0470. The first-order chi connectivity index (χ1) is 57.4. The van der Waals surface area contributed by atoms with Crippen LogP contribution in [-0.4, -0.2) is 21.6 Å². The number of benzene rings is 4. The third-order valence-electron chi connectivity index (χ3n) is 32.1. The molecule has 9 unspecified atom stereocenters. The Labute approximate surface area is 741 Å². The SMILES string of the molecule is CCCCCC(CC)C1(CC(CC)CCCC)c2cc(Br)ccc2-c2cc3c(cc21)-c1sc2c(c1C3(CC(CC)CCCC)CC(CC)CCCC)C=CN1C(=O)C3=C4c5sc6c(c5C=CN4C(=O)C3=C21)C(CC(CC)CCCC)(CC(CC)CCCC)c1cc2c(cc1-6)C(CC(CC)CCCC)(CC(CC)CCCC)c1cc(Br)ccc1-2. The van der Waals surface area contributed by atoms with Crippen molar-refractivity contribution in [3.05, 3.63) is 159 Å². The first-order valence-corrected chi connectivity index (χ1v) is 52.5. The summed E-state index contributed by atoms with van der Waals surface area (Å²) < 4.78 is 2.38. The van der Waals surface area contributed by atoms with E-state index in [0.29, 0.717) is 58.5 Å². The number of fused-ring (bicyclic) bond motifs is 21. The van der Waals surface area contributed by atoms with Gasteiger partial charge in [0, 0.05) is 63.9 Å². The fourth-order valence-electron chi connectivity index (χ4n) is 25.5. The molecule has 0 radical (unpaired) electrons. The van der Waals surface area contributed by atoms with E-state index in [4.69, 9.17) is 0 Å². The highest BCUT2D eigenvalue weighted by Gasteiger charge is 2.59. The van der Waals surface area contributed by atoms with Gasteiger partial charge in [0.1, 0.15) is 0 Å². The Bertz CT molecular complexity index is 4660. The molecule has 0 saturated carbocycles. The number of thiophene rings is 2. The molecular formula is C110H150Br2N2O2S2. The molecule has 4 aliphatic heterocycles. The number of hydrogen-bond acceptors (Lipinski definition) is 4. The number of rotatable bonds is 48. The average Bonchev–Trinajstić information content (AvgIpc) is 1.51. The van der Waals surface area contributed by atoms with Gasteiger partial charge in [-0.15, -0.1) is 22.7 Å². The molecule has 118 heavy (non-hydrogen) atoms. The predicted octanol–water partition coefficient (Wildman–Crippen LogP) is 35.0. The van der Waals surface area contributed by atoms with Gasteiger partial charge in [0.25, 0.3) is 11.8 Å². The molecule has 0 N–H and O–H groups in total. The van der Waals surface area contributed by atoms with E-state index >= 15 is 9.59 Å². The van der Waals surface area contributed by atoms with E-state index in [1.54, 1.807) is 33.4 Å². The van der Waals surface area contributed by atoms with Crippen molar-refractivity contribution in [2.45, 2.75) is 389 Å². The quantitative estimate of drug-likeness (QED) is 0.0357. The van der Waals surface area contributed by atoms with Crippen molar-refractivity contribution in [2.75, 3.05) is 0 Å². The molecule has 0 spiro atoms. The van der Waals surface area contributed by atoms with Gasteiger partial charge in [-0.25, -0.2) is 0 Å². The van der Waals surface area contributed by atoms with Crippen molar-refractivity contribution >= 4 is 89.9 Å². The number of carbonyl (C=O) groups is 2. The summed E-state index contributed by atoms with van der Waals surface area (Å²) in [5, 5.41) is 0. The van der Waals surface area contributed by atoms with Crippen molar-refractivity contribution in [3.8, 4) is 43.1 Å². The van der Waals surface area contributed by atoms with Crippen LogP contribution in [0.3, 0.4) is 0 Å². The van der Waals surface area contributed by atoms with E-state index in [2.05, 4.69) is 228 Å². The molecule has 6 heterocycles. The van der Waals surface area contributed by atoms with Gasteiger partial charge in [-0.3, -0.25) is 19.4 Å². The standard InChI is InChI=1S/C110H150Br2N2O2S2/c1-17-33-41-49-78(32-16)110(70-77(31-15)48-40-24-8)93-59-80(112)51-53-82(93)86-61-92-88(63-94(86)110)102-98(109(92,68-75(29-13)46-38-22-6)69-76(30-14)47-39-23-7)84-55-57-114-100(104(84)118-102)96-95(105(114)115)99-103-83(54-56-113(99)106(96)116)97-101(117-103)87-62-90-85(60-91(87)108(97,66-73(27-11)44-36-20-4)67-74(28-12)45-37-21-5)81-52-50-79(111)58-89(81)107(90,64-71(25-9)42-34-18-2)65-72(26-10)43-35-19-3/h50-63,71-78H,17-49,64-70H2,1-16H3. The minimum Gasteiger partial charge on any atom is -0.281 e. The highest BCUT2D eigenvalue weighted by atomic mass is 79.9. The van der Waals surface area contributed by atoms with Crippen LogP contribution in [0.4, 0.5) is 0 Å². The summed E-state index contributed by atoms with van der Waals surface area (Å²) >= 11 is 12.2. The van der Waals surface area contributed by atoms with E-state index in [9.17, 15) is 0 Å². The van der Waals surface area contributed by atoms with E-state index in [-0.39, 0.29) is 33.5 Å². The lowest BCUT2D eigenvalue weighted by atomic mass is 9.60. The van der Waals surface area contributed by atoms with Crippen molar-refractivity contribution in [1.82, 2.24) is 9.80 Å². The number of halogens is 2. The molecule has 6 aromatic rings. The first-order valence-electron chi connectivity index (χ1n) is 49.3. The Kier molecular flexibility index (Phi) is 29.3. The van der Waals surface area contributed by atoms with Crippen molar-refractivity contribution in [3.63, 3.8) is 0 Å². The Morgan fingerprint density at radius 1 is 0.314 bits per heavy atom. The van der Waals surface area contributed by atoms with Crippen LogP contribution in [0.15, 0.2) is 93.2 Å². The maximum Gasteiger partial charge on any atom is 0.265 e. The maximum atomic E-state index is 16.7. The maximum absolute atomic E-state index is 16.7. The zero-order chi connectivity index (χ0) is 83.5. The van der Waals surface area contributed by atoms with Crippen molar-refractivity contribution in [1.29, 1.82) is 0 Å². The number of unbranched alkanes of at least 4 members (excludes halogenated alkanes) is 9. The number of carbonyl (C=O) groups excluding carboxylic acids is 2. The molecule has 9 atom stereocenters. The van der Waals surface area contributed by atoms with Crippen LogP contribution in [0.1, 0.15) is 433 Å². The third-order valence-corrected chi connectivity index (χ3v) is 35.6. The van der Waals surface area contributed by atoms with Gasteiger partial charge in [-0.2, -0.15) is 0 Å². The monoisotopic (exact) mass is 1750 g/mol. The summed E-state index contributed by atoms with van der Waals surface area (Å²) in [5.41, 5.74) is 25.7. The van der Waals surface area contributed by atoms with Gasteiger partial charge in [-0.05, 0) is 237 Å².